The number of rotatable bonds is 4. The van der Waals surface area contributed by atoms with E-state index >= 15 is 0 Å². The molecule has 8 heavy (non-hydrogen) atoms. The molecule has 0 bridgehead atoms. The van der Waals surface area contributed by atoms with Crippen molar-refractivity contribution in [3.05, 3.63) is 10.2 Å². The van der Waals surface area contributed by atoms with Gasteiger partial charge in [-0.3, -0.25) is 0 Å². The van der Waals surface area contributed by atoms with Crippen molar-refractivity contribution in [2.75, 3.05) is 0 Å². The predicted molar refractivity (Wildman–Crippen MR) is 37.2 cm³/mol. The van der Waals surface area contributed by atoms with Crippen molar-refractivity contribution >= 4 is 12.4 Å². The molecule has 0 radical (unpaired) electrons. The summed E-state index contributed by atoms with van der Waals surface area (Å²) in [6.45, 7) is 5.98. The van der Waals surface area contributed by atoms with Crippen molar-refractivity contribution in [3.8, 4) is 0 Å². The molecule has 0 heterocycles. The van der Waals surface area contributed by atoms with Crippen molar-refractivity contribution in [2.45, 2.75) is 23.7 Å². The number of hydrogen-bond donors (Lipinski definition) is 0. The summed E-state index contributed by atoms with van der Waals surface area (Å²) in [6, 6.07) is 0. The van der Waals surface area contributed by atoms with Crippen molar-refractivity contribution < 1.29 is 24.6 Å². The molecule has 0 aromatic rings. The zero-order valence-electron chi connectivity index (χ0n) is 5.52. The van der Waals surface area contributed by atoms with Gasteiger partial charge in [-0.25, -0.2) is 0 Å². The molecule has 0 saturated carbocycles. The van der Waals surface area contributed by atoms with E-state index < -0.39 is 24.6 Å². The fraction of sp³-hybridized carbons (Fsp3) is 0.667. The molecular weight excluding hydrogens is 308 g/mol. The summed E-state index contributed by atoms with van der Waals surface area (Å²) in [5.74, 6) is 0. The topological polar surface area (TPSA) is 0 Å². The quantitative estimate of drug-likeness (QED) is 0.552. The SMILES string of the molecule is C=[CH][Hg][CH2]CCC.Cl. The van der Waals surface area contributed by atoms with E-state index in [1.807, 2.05) is 0 Å². The third-order valence-electron chi connectivity index (χ3n) is 1.01. The number of halogens is 1. The van der Waals surface area contributed by atoms with Gasteiger partial charge in [0.1, 0.15) is 0 Å². The first-order valence-corrected chi connectivity index (χ1v) is 10.1. The van der Waals surface area contributed by atoms with Gasteiger partial charge < -0.3 is 0 Å². The summed E-state index contributed by atoms with van der Waals surface area (Å²) in [4.78, 5) is 0. The van der Waals surface area contributed by atoms with Crippen LogP contribution in [0.1, 0.15) is 19.8 Å². The van der Waals surface area contributed by atoms with Gasteiger partial charge in [0.2, 0.25) is 0 Å². The van der Waals surface area contributed by atoms with Crippen LogP contribution in [0.4, 0.5) is 0 Å². The molecular formula is C6H13ClHg. The molecule has 0 amide bonds. The first-order valence-electron chi connectivity index (χ1n) is 3.02. The zero-order valence-corrected chi connectivity index (χ0v) is 11.8. The van der Waals surface area contributed by atoms with Crippen molar-refractivity contribution in [1.29, 1.82) is 0 Å². The summed E-state index contributed by atoms with van der Waals surface area (Å²) >= 11 is -0.434. The van der Waals surface area contributed by atoms with Crippen LogP contribution >= 0.6 is 12.4 Å². The van der Waals surface area contributed by atoms with Crippen LogP contribution in [0.15, 0.2) is 10.2 Å². The third kappa shape index (κ3) is 10.1. The fourth-order valence-electron chi connectivity index (χ4n) is 0.539. The largest absolute Gasteiger partial charge is 0.147 e. The van der Waals surface area contributed by atoms with Gasteiger partial charge >= 0.3 is 58.4 Å². The summed E-state index contributed by atoms with van der Waals surface area (Å²) in [5.41, 5.74) is 0. The molecule has 0 aromatic carbocycles. The minimum Gasteiger partial charge on any atom is -0.147 e. The van der Waals surface area contributed by atoms with E-state index in [0.29, 0.717) is 0 Å². The van der Waals surface area contributed by atoms with Crippen LogP contribution in [0.2, 0.25) is 3.93 Å². The molecule has 0 unspecified atom stereocenters. The van der Waals surface area contributed by atoms with E-state index in [4.69, 9.17) is 0 Å². The van der Waals surface area contributed by atoms with Crippen LogP contribution in [0.3, 0.4) is 0 Å². The molecule has 2 heteroatoms. The Bertz CT molecular complexity index is 45.8. The second kappa shape index (κ2) is 10.9. The van der Waals surface area contributed by atoms with E-state index in [-0.39, 0.29) is 12.4 Å². The van der Waals surface area contributed by atoms with Crippen LogP contribution in [0, 0.1) is 0 Å². The minimum atomic E-state index is -0.434. The second-order valence-electron chi connectivity index (χ2n) is 1.78. The Morgan fingerprint density at radius 3 is 2.62 bits per heavy atom. The molecule has 46 valence electrons. The smallest absolute Gasteiger partial charge is 0.147 e. The fourth-order valence-corrected chi connectivity index (χ4v) is 4.73. The predicted octanol–water partition coefficient (Wildman–Crippen LogP) is 2.85. The normalized spacial score (nSPS) is 6.62. The van der Waals surface area contributed by atoms with Crippen LogP contribution in [0.25, 0.3) is 0 Å². The van der Waals surface area contributed by atoms with E-state index in [1.165, 1.54) is 12.8 Å². The van der Waals surface area contributed by atoms with Crippen LogP contribution in [-0.4, -0.2) is 0 Å². The summed E-state index contributed by atoms with van der Waals surface area (Å²) < 4.78 is 3.75. The average Bonchev–Trinajstić information content (AvgIpc) is 1.69. The monoisotopic (exact) mass is 322 g/mol. The summed E-state index contributed by atoms with van der Waals surface area (Å²) in [6.07, 6.45) is 2.82. The molecule has 0 aliphatic heterocycles. The Hall–Kier alpha value is 0.965. The van der Waals surface area contributed by atoms with Gasteiger partial charge in [0, 0.05) is 0 Å². The van der Waals surface area contributed by atoms with Crippen molar-refractivity contribution in [2.24, 2.45) is 0 Å². The summed E-state index contributed by atoms with van der Waals surface area (Å²) in [7, 11) is 0. The van der Waals surface area contributed by atoms with E-state index in [0.717, 1.165) is 0 Å². The third-order valence-corrected chi connectivity index (χ3v) is 6.13. The molecule has 0 aliphatic rings. The Labute approximate surface area is 70.6 Å². The molecule has 0 nitrogen and oxygen atoms in total. The second-order valence-corrected chi connectivity index (χ2v) is 9.02. The van der Waals surface area contributed by atoms with Gasteiger partial charge in [-0.05, 0) is 0 Å². The van der Waals surface area contributed by atoms with Crippen molar-refractivity contribution in [1.82, 2.24) is 0 Å². The molecule has 0 atom stereocenters. The minimum absolute atomic E-state index is 0. The van der Waals surface area contributed by atoms with Crippen LogP contribution in [0.5, 0.6) is 0 Å². The Morgan fingerprint density at radius 1 is 1.62 bits per heavy atom. The zero-order chi connectivity index (χ0) is 5.54. The number of hydrogen-bond acceptors (Lipinski definition) is 0. The van der Waals surface area contributed by atoms with Gasteiger partial charge in [-0.15, -0.1) is 12.4 Å². The molecule has 0 spiro atoms. The van der Waals surface area contributed by atoms with Crippen LogP contribution < -0.4 is 0 Å². The summed E-state index contributed by atoms with van der Waals surface area (Å²) in [5, 5.41) is 0. The first kappa shape index (κ1) is 11.7. The molecule has 0 fully saturated rings. The Balaban J connectivity index is 0. The molecule has 0 rings (SSSR count). The van der Waals surface area contributed by atoms with Crippen LogP contribution in [-0.2, 0) is 24.6 Å². The van der Waals surface area contributed by atoms with E-state index in [2.05, 4.69) is 17.1 Å². The molecule has 0 N–H and O–H groups in total. The van der Waals surface area contributed by atoms with Gasteiger partial charge in [-0.2, -0.15) is 0 Å². The van der Waals surface area contributed by atoms with Gasteiger partial charge in [-0.1, -0.05) is 0 Å². The van der Waals surface area contributed by atoms with Gasteiger partial charge in [0.25, 0.3) is 0 Å². The van der Waals surface area contributed by atoms with Gasteiger partial charge in [0.15, 0.2) is 0 Å². The molecule has 0 aliphatic carbocycles. The Morgan fingerprint density at radius 2 is 2.25 bits per heavy atom. The maximum absolute atomic E-state index is 3.73. The van der Waals surface area contributed by atoms with E-state index in [9.17, 15) is 0 Å². The average molecular weight is 321 g/mol. The molecule has 0 aromatic heterocycles. The standard InChI is InChI=1S/C4H9.C2H3.ClH.Hg/c1-3-4-2;1-2;;/h1,3-4H2,2H3;1H,2H2;1H;. The Kier molecular flexibility index (Phi) is 15.9. The molecule has 0 saturated heterocycles. The van der Waals surface area contributed by atoms with Crippen molar-refractivity contribution in [3.63, 3.8) is 0 Å². The number of unbranched alkanes of at least 4 members (excludes halogenated alkanes) is 1. The van der Waals surface area contributed by atoms with E-state index in [1.54, 1.807) is 3.93 Å². The maximum atomic E-state index is 3.73. The maximum Gasteiger partial charge on any atom is -0.147 e. The van der Waals surface area contributed by atoms with Gasteiger partial charge in [0.05, 0.1) is 0 Å². The first-order chi connectivity index (χ1) is 3.41.